The Labute approximate surface area is 138 Å². The Morgan fingerprint density at radius 3 is 2.50 bits per heavy atom. The van der Waals surface area contributed by atoms with Crippen molar-refractivity contribution in [1.82, 2.24) is 4.90 Å². The zero-order chi connectivity index (χ0) is 17.5. The third kappa shape index (κ3) is 2.60. The number of carboxylic acid groups (broad SMARTS) is 1. The largest absolute Gasteiger partial charge is 0.493 e. The summed E-state index contributed by atoms with van der Waals surface area (Å²) in [5.41, 5.74) is -0.136. The Bertz CT molecular complexity index is 801. The molecule has 0 spiro atoms. The maximum atomic E-state index is 11.6. The van der Waals surface area contributed by atoms with Crippen molar-refractivity contribution in [1.29, 1.82) is 0 Å². The summed E-state index contributed by atoms with van der Waals surface area (Å²) in [7, 11) is 1.50. The summed E-state index contributed by atoms with van der Waals surface area (Å²) in [6, 6.07) is 5.04. The number of piperidine rings is 1. The predicted octanol–water partition coefficient (Wildman–Crippen LogP) is 2.61. The molecule has 1 fully saturated rings. The van der Waals surface area contributed by atoms with Crippen molar-refractivity contribution < 1.29 is 29.0 Å². The number of ketones is 1. The first-order valence-electron chi connectivity index (χ1n) is 7.68. The maximum Gasteiger partial charge on any atom is 0.407 e. The van der Waals surface area contributed by atoms with Crippen molar-refractivity contribution in [3.05, 3.63) is 29.5 Å². The van der Waals surface area contributed by atoms with Gasteiger partial charge >= 0.3 is 6.09 Å². The van der Waals surface area contributed by atoms with Gasteiger partial charge in [-0.15, -0.1) is 0 Å². The highest BCUT2D eigenvalue weighted by atomic mass is 16.5. The number of furan rings is 1. The number of ether oxygens (including phenoxy) is 1. The number of hydrogen-bond donors (Lipinski definition) is 2. The highest BCUT2D eigenvalue weighted by molar-refractivity contribution is 5.98. The molecule has 0 aliphatic carbocycles. The van der Waals surface area contributed by atoms with E-state index in [4.69, 9.17) is 14.3 Å². The molecule has 1 saturated heterocycles. The minimum Gasteiger partial charge on any atom is -0.493 e. The Balaban J connectivity index is 2.06. The number of fused-ring (bicyclic) bond motifs is 1. The van der Waals surface area contributed by atoms with Crippen LogP contribution in [0.25, 0.3) is 11.0 Å². The van der Waals surface area contributed by atoms with Crippen molar-refractivity contribution in [3.8, 4) is 5.75 Å². The van der Waals surface area contributed by atoms with Crippen LogP contribution < -0.4 is 4.74 Å². The van der Waals surface area contributed by atoms with Crippen LogP contribution in [0.2, 0.25) is 0 Å². The summed E-state index contributed by atoms with van der Waals surface area (Å²) in [6.07, 6.45) is -0.429. The molecule has 3 rings (SSSR count). The van der Waals surface area contributed by atoms with Crippen LogP contribution in [-0.2, 0) is 5.60 Å². The molecule has 2 aromatic rings. The third-order valence-corrected chi connectivity index (χ3v) is 4.58. The lowest BCUT2D eigenvalue weighted by Gasteiger charge is -2.37. The standard InChI is InChI=1S/C17H19NO6/c1-10(19)14-9-11-12(3-4-13(23-2)15(11)24-14)17(22)5-7-18(8-6-17)16(20)21/h3-4,9,22H,5-8H2,1-2H3,(H,20,21). The predicted molar refractivity (Wildman–Crippen MR) is 85.5 cm³/mol. The van der Waals surface area contributed by atoms with Crippen molar-refractivity contribution in [3.63, 3.8) is 0 Å². The molecule has 1 amide bonds. The summed E-state index contributed by atoms with van der Waals surface area (Å²) < 4.78 is 10.9. The molecule has 2 N–H and O–H groups in total. The first-order chi connectivity index (χ1) is 11.4. The average molecular weight is 333 g/mol. The minimum absolute atomic E-state index is 0.197. The van der Waals surface area contributed by atoms with Gasteiger partial charge in [0, 0.05) is 25.4 Å². The monoisotopic (exact) mass is 333 g/mol. The number of rotatable bonds is 3. The molecule has 1 aromatic carbocycles. The second kappa shape index (κ2) is 5.83. The molecular formula is C17H19NO6. The van der Waals surface area contributed by atoms with Gasteiger partial charge in [0.25, 0.3) is 0 Å². The molecule has 0 saturated carbocycles. The normalized spacial score (nSPS) is 17.0. The molecule has 0 radical (unpaired) electrons. The topological polar surface area (TPSA) is 100 Å². The molecule has 7 nitrogen and oxygen atoms in total. The van der Waals surface area contributed by atoms with E-state index in [0.717, 1.165) is 0 Å². The van der Waals surface area contributed by atoms with Crippen LogP contribution in [0.4, 0.5) is 4.79 Å². The van der Waals surface area contributed by atoms with Gasteiger partial charge in [-0.05, 0) is 30.5 Å². The van der Waals surface area contributed by atoms with E-state index in [2.05, 4.69) is 0 Å². The zero-order valence-corrected chi connectivity index (χ0v) is 13.5. The molecule has 24 heavy (non-hydrogen) atoms. The molecule has 1 aliphatic rings. The Morgan fingerprint density at radius 2 is 1.96 bits per heavy atom. The molecule has 1 aliphatic heterocycles. The van der Waals surface area contributed by atoms with Gasteiger partial charge in [0.2, 0.25) is 0 Å². The summed E-state index contributed by atoms with van der Waals surface area (Å²) in [5.74, 6) is 0.460. The van der Waals surface area contributed by atoms with Crippen LogP contribution in [0.1, 0.15) is 35.9 Å². The number of hydrogen-bond acceptors (Lipinski definition) is 5. The number of carbonyl (C=O) groups is 2. The van der Waals surface area contributed by atoms with E-state index in [0.29, 0.717) is 22.3 Å². The molecule has 7 heteroatoms. The van der Waals surface area contributed by atoms with Crippen molar-refractivity contribution in [2.45, 2.75) is 25.4 Å². The second-order valence-corrected chi connectivity index (χ2v) is 6.03. The SMILES string of the molecule is COc1ccc(C2(O)CCN(C(=O)O)CC2)c2cc(C(C)=O)oc12. The Morgan fingerprint density at radius 1 is 1.29 bits per heavy atom. The fraction of sp³-hybridized carbons (Fsp3) is 0.412. The quantitative estimate of drug-likeness (QED) is 0.838. The fourth-order valence-electron chi connectivity index (χ4n) is 3.18. The summed E-state index contributed by atoms with van der Waals surface area (Å²) in [6.45, 7) is 1.90. The van der Waals surface area contributed by atoms with Crippen molar-refractivity contribution in [2.75, 3.05) is 20.2 Å². The fourth-order valence-corrected chi connectivity index (χ4v) is 3.18. The number of carbonyl (C=O) groups excluding carboxylic acids is 1. The number of amides is 1. The van der Waals surface area contributed by atoms with E-state index >= 15 is 0 Å². The number of Topliss-reactive ketones (excluding diaryl/α,β-unsaturated/α-hetero) is 1. The van der Waals surface area contributed by atoms with Gasteiger partial charge in [-0.1, -0.05) is 6.07 Å². The van der Waals surface area contributed by atoms with Crippen molar-refractivity contribution in [2.24, 2.45) is 0 Å². The molecule has 1 aromatic heterocycles. The van der Waals surface area contributed by atoms with Gasteiger partial charge in [-0.25, -0.2) is 4.79 Å². The Kier molecular flexibility index (Phi) is 3.96. The average Bonchev–Trinajstić information content (AvgIpc) is 2.99. The van der Waals surface area contributed by atoms with E-state index in [9.17, 15) is 14.7 Å². The summed E-state index contributed by atoms with van der Waals surface area (Å²) >= 11 is 0. The van der Waals surface area contributed by atoms with E-state index in [-0.39, 0.29) is 37.5 Å². The maximum absolute atomic E-state index is 11.6. The van der Waals surface area contributed by atoms with E-state index in [1.165, 1.54) is 18.9 Å². The lowest BCUT2D eigenvalue weighted by molar-refractivity contribution is -0.0201. The van der Waals surface area contributed by atoms with Crippen molar-refractivity contribution >= 4 is 22.8 Å². The van der Waals surface area contributed by atoms with Crippen LogP contribution in [0.5, 0.6) is 5.75 Å². The highest BCUT2D eigenvalue weighted by Crippen LogP contribution is 2.41. The smallest absolute Gasteiger partial charge is 0.407 e. The van der Waals surface area contributed by atoms with E-state index in [1.807, 2.05) is 0 Å². The zero-order valence-electron chi connectivity index (χ0n) is 13.5. The molecule has 2 heterocycles. The summed E-state index contributed by atoms with van der Waals surface area (Å²) in [4.78, 5) is 24.0. The van der Waals surface area contributed by atoms with Crippen LogP contribution >= 0.6 is 0 Å². The number of aliphatic hydroxyl groups is 1. The van der Waals surface area contributed by atoms with Crippen LogP contribution in [-0.4, -0.2) is 47.2 Å². The molecule has 0 unspecified atom stereocenters. The van der Waals surface area contributed by atoms with Gasteiger partial charge in [-0.3, -0.25) is 4.79 Å². The molecule has 0 bridgehead atoms. The minimum atomic E-state index is -1.17. The Hall–Kier alpha value is -2.54. The first-order valence-corrected chi connectivity index (χ1v) is 7.68. The highest BCUT2D eigenvalue weighted by Gasteiger charge is 2.37. The summed E-state index contributed by atoms with van der Waals surface area (Å²) in [5, 5.41) is 20.7. The van der Waals surface area contributed by atoms with Gasteiger partial charge in [-0.2, -0.15) is 0 Å². The first kappa shape index (κ1) is 16.3. The van der Waals surface area contributed by atoms with E-state index < -0.39 is 11.7 Å². The number of likely N-dealkylation sites (tertiary alicyclic amines) is 1. The van der Waals surface area contributed by atoms with Crippen LogP contribution in [0.15, 0.2) is 22.6 Å². The third-order valence-electron chi connectivity index (χ3n) is 4.58. The molecule has 128 valence electrons. The van der Waals surface area contributed by atoms with Gasteiger partial charge < -0.3 is 24.3 Å². The molecular weight excluding hydrogens is 314 g/mol. The number of methoxy groups -OCH3 is 1. The van der Waals surface area contributed by atoms with Gasteiger partial charge in [0.15, 0.2) is 22.9 Å². The van der Waals surface area contributed by atoms with Crippen LogP contribution in [0, 0.1) is 0 Å². The number of benzene rings is 1. The van der Waals surface area contributed by atoms with Crippen LogP contribution in [0.3, 0.4) is 0 Å². The van der Waals surface area contributed by atoms with E-state index in [1.54, 1.807) is 18.2 Å². The molecule has 0 atom stereocenters. The van der Waals surface area contributed by atoms with Gasteiger partial charge in [0.1, 0.15) is 0 Å². The van der Waals surface area contributed by atoms with Gasteiger partial charge in [0.05, 0.1) is 12.7 Å². The second-order valence-electron chi connectivity index (χ2n) is 6.03. The lowest BCUT2D eigenvalue weighted by atomic mass is 9.82. The lowest BCUT2D eigenvalue weighted by Crippen LogP contribution is -2.44. The number of nitrogens with zero attached hydrogens (tertiary/aromatic N) is 1.